The lowest BCUT2D eigenvalue weighted by Crippen LogP contribution is -2.45. The normalized spacial score (nSPS) is 15.6. The van der Waals surface area contributed by atoms with Crippen LogP contribution in [0.25, 0.3) is 0 Å². The topological polar surface area (TPSA) is 41.6 Å². The lowest BCUT2D eigenvalue weighted by atomic mass is 9.93. The van der Waals surface area contributed by atoms with E-state index >= 15 is 0 Å². The van der Waals surface area contributed by atoms with Crippen molar-refractivity contribution in [3.05, 3.63) is 35.6 Å². The second kappa shape index (κ2) is 9.63. The Kier molecular flexibility index (Phi) is 7.49. The number of carbonyl (C=O) groups excluding carboxylic acids is 1. The lowest BCUT2D eigenvalue weighted by molar-refractivity contribution is -0.134. The largest absolute Gasteiger partial charge is 0.383 e. The third-order valence-electron chi connectivity index (χ3n) is 4.36. The summed E-state index contributed by atoms with van der Waals surface area (Å²) in [6.07, 6.45) is 5.72. The van der Waals surface area contributed by atoms with Gasteiger partial charge in [0.25, 0.3) is 0 Å². The number of amides is 1. The molecular formula is C18H27FN2O2. The maximum absolute atomic E-state index is 13.1. The summed E-state index contributed by atoms with van der Waals surface area (Å²) in [5.74, 6) is -0.136. The number of ether oxygens (including phenoxy) is 1. The maximum Gasteiger partial charge on any atom is 0.237 e. The van der Waals surface area contributed by atoms with Crippen molar-refractivity contribution in [2.24, 2.45) is 0 Å². The van der Waals surface area contributed by atoms with E-state index in [1.54, 1.807) is 19.2 Å². The second-order valence-electron chi connectivity index (χ2n) is 6.11. The minimum Gasteiger partial charge on any atom is -0.383 e. The molecule has 1 aromatic carbocycles. The molecule has 0 aromatic heterocycles. The van der Waals surface area contributed by atoms with E-state index < -0.39 is 0 Å². The Bertz CT molecular complexity index is 472. The van der Waals surface area contributed by atoms with Crippen LogP contribution in [0.1, 0.15) is 37.7 Å². The molecule has 1 saturated carbocycles. The van der Waals surface area contributed by atoms with E-state index in [4.69, 9.17) is 4.74 Å². The quantitative estimate of drug-likeness (QED) is 0.748. The Morgan fingerprint density at radius 3 is 2.61 bits per heavy atom. The van der Waals surface area contributed by atoms with Crippen LogP contribution in [-0.4, -0.2) is 43.7 Å². The summed E-state index contributed by atoms with van der Waals surface area (Å²) in [7, 11) is 1.65. The Labute approximate surface area is 138 Å². The van der Waals surface area contributed by atoms with Gasteiger partial charge in [-0.1, -0.05) is 31.4 Å². The highest BCUT2D eigenvalue weighted by Gasteiger charge is 2.25. The van der Waals surface area contributed by atoms with Gasteiger partial charge in [-0.05, 0) is 30.5 Å². The Balaban J connectivity index is 1.98. The van der Waals surface area contributed by atoms with Gasteiger partial charge in [-0.15, -0.1) is 0 Å². The first-order valence-corrected chi connectivity index (χ1v) is 8.44. The fraction of sp³-hybridized carbons (Fsp3) is 0.611. The van der Waals surface area contributed by atoms with Crippen molar-refractivity contribution in [2.45, 2.75) is 44.7 Å². The van der Waals surface area contributed by atoms with Crippen molar-refractivity contribution in [3.63, 3.8) is 0 Å². The number of benzene rings is 1. The van der Waals surface area contributed by atoms with E-state index in [1.165, 1.54) is 31.4 Å². The number of carbonyl (C=O) groups is 1. The van der Waals surface area contributed by atoms with Crippen LogP contribution in [0.2, 0.25) is 0 Å². The zero-order valence-electron chi connectivity index (χ0n) is 13.9. The Hall–Kier alpha value is -1.46. The first-order valence-electron chi connectivity index (χ1n) is 8.44. The molecule has 0 atom stereocenters. The van der Waals surface area contributed by atoms with Crippen LogP contribution < -0.4 is 5.32 Å². The van der Waals surface area contributed by atoms with Crippen LogP contribution in [0.5, 0.6) is 0 Å². The summed E-state index contributed by atoms with van der Waals surface area (Å²) in [6.45, 7) is 2.13. The Morgan fingerprint density at radius 2 is 1.96 bits per heavy atom. The first kappa shape index (κ1) is 17.9. The zero-order valence-corrected chi connectivity index (χ0v) is 13.9. The van der Waals surface area contributed by atoms with Crippen LogP contribution in [0, 0.1) is 5.82 Å². The highest BCUT2D eigenvalue weighted by molar-refractivity contribution is 5.78. The van der Waals surface area contributed by atoms with Crippen molar-refractivity contribution in [2.75, 3.05) is 26.8 Å². The van der Waals surface area contributed by atoms with E-state index in [9.17, 15) is 9.18 Å². The van der Waals surface area contributed by atoms with E-state index in [0.29, 0.717) is 32.3 Å². The first-order chi connectivity index (χ1) is 11.2. The molecule has 0 aliphatic heterocycles. The molecule has 0 spiro atoms. The molecule has 1 aromatic rings. The van der Waals surface area contributed by atoms with Crippen molar-refractivity contribution >= 4 is 5.91 Å². The number of nitrogens with one attached hydrogen (secondary N) is 1. The molecule has 1 fully saturated rings. The number of methoxy groups -OCH3 is 1. The summed E-state index contributed by atoms with van der Waals surface area (Å²) in [6, 6.07) is 6.73. The number of rotatable bonds is 8. The summed E-state index contributed by atoms with van der Waals surface area (Å²) in [5, 5.41) is 3.12. The predicted molar refractivity (Wildman–Crippen MR) is 88.6 cm³/mol. The number of hydrogen-bond donors (Lipinski definition) is 1. The van der Waals surface area contributed by atoms with Gasteiger partial charge in [-0.2, -0.15) is 0 Å². The summed E-state index contributed by atoms with van der Waals surface area (Å²) in [5.41, 5.74) is 0.974. The molecule has 128 valence electrons. The lowest BCUT2D eigenvalue weighted by Gasteiger charge is -2.34. The van der Waals surface area contributed by atoms with E-state index in [-0.39, 0.29) is 11.7 Å². The van der Waals surface area contributed by atoms with Crippen molar-refractivity contribution < 1.29 is 13.9 Å². The molecule has 0 radical (unpaired) electrons. The van der Waals surface area contributed by atoms with Crippen molar-refractivity contribution in [3.8, 4) is 0 Å². The van der Waals surface area contributed by atoms with E-state index in [0.717, 1.165) is 18.4 Å². The molecule has 5 heteroatoms. The molecular weight excluding hydrogens is 295 g/mol. The van der Waals surface area contributed by atoms with Crippen molar-refractivity contribution in [1.82, 2.24) is 10.2 Å². The Morgan fingerprint density at radius 1 is 1.26 bits per heavy atom. The molecule has 2 rings (SSSR count). The maximum atomic E-state index is 13.1. The van der Waals surface area contributed by atoms with Gasteiger partial charge >= 0.3 is 0 Å². The predicted octanol–water partition coefficient (Wildman–Crippen LogP) is 2.72. The van der Waals surface area contributed by atoms with Crippen LogP contribution in [-0.2, 0) is 16.1 Å². The summed E-state index contributed by atoms with van der Waals surface area (Å²) < 4.78 is 18.1. The molecule has 23 heavy (non-hydrogen) atoms. The molecule has 0 unspecified atom stereocenters. The van der Waals surface area contributed by atoms with Crippen molar-refractivity contribution in [1.29, 1.82) is 0 Å². The zero-order chi connectivity index (χ0) is 16.5. The van der Waals surface area contributed by atoms with Crippen LogP contribution >= 0.6 is 0 Å². The third-order valence-corrected chi connectivity index (χ3v) is 4.36. The molecule has 0 saturated heterocycles. The van der Waals surface area contributed by atoms with Gasteiger partial charge < -0.3 is 15.0 Å². The second-order valence-corrected chi connectivity index (χ2v) is 6.11. The summed E-state index contributed by atoms with van der Waals surface area (Å²) in [4.78, 5) is 14.6. The van der Waals surface area contributed by atoms with Gasteiger partial charge in [0.05, 0.1) is 13.2 Å². The van der Waals surface area contributed by atoms with Gasteiger partial charge in [0, 0.05) is 26.2 Å². The SMILES string of the molecule is COCCNCC(=O)N(Cc1ccc(F)cc1)C1CCCCC1. The number of hydrogen-bond acceptors (Lipinski definition) is 3. The number of halogens is 1. The fourth-order valence-electron chi connectivity index (χ4n) is 3.07. The van der Waals surface area contributed by atoms with E-state index in [1.807, 2.05) is 4.90 Å². The van der Waals surface area contributed by atoms with Crippen LogP contribution in [0.3, 0.4) is 0 Å². The average molecular weight is 322 g/mol. The summed E-state index contributed by atoms with van der Waals surface area (Å²) >= 11 is 0. The molecule has 1 aliphatic rings. The van der Waals surface area contributed by atoms with Gasteiger partial charge in [0.15, 0.2) is 0 Å². The monoisotopic (exact) mass is 322 g/mol. The molecule has 1 amide bonds. The smallest absolute Gasteiger partial charge is 0.237 e. The van der Waals surface area contributed by atoms with Gasteiger partial charge in [-0.25, -0.2) is 4.39 Å². The van der Waals surface area contributed by atoms with Crippen LogP contribution in [0.15, 0.2) is 24.3 Å². The van der Waals surface area contributed by atoms with E-state index in [2.05, 4.69) is 5.32 Å². The molecule has 4 nitrogen and oxygen atoms in total. The van der Waals surface area contributed by atoms with Gasteiger partial charge in [0.2, 0.25) is 5.91 Å². The molecule has 0 heterocycles. The standard InChI is InChI=1S/C18H27FN2O2/c1-23-12-11-20-13-18(22)21(17-5-3-2-4-6-17)14-15-7-9-16(19)10-8-15/h7-10,17,20H,2-6,11-14H2,1H3. The number of nitrogens with zero attached hydrogens (tertiary/aromatic N) is 1. The van der Waals surface area contributed by atoms with Gasteiger partial charge in [-0.3, -0.25) is 4.79 Å². The minimum atomic E-state index is -0.245. The highest BCUT2D eigenvalue weighted by atomic mass is 19.1. The molecule has 1 N–H and O–H groups in total. The average Bonchev–Trinajstić information content (AvgIpc) is 2.59. The molecule has 0 bridgehead atoms. The van der Waals surface area contributed by atoms with Crippen LogP contribution in [0.4, 0.5) is 4.39 Å². The minimum absolute atomic E-state index is 0.109. The molecule has 1 aliphatic carbocycles. The van der Waals surface area contributed by atoms with Gasteiger partial charge in [0.1, 0.15) is 5.82 Å². The highest BCUT2D eigenvalue weighted by Crippen LogP contribution is 2.24. The fourth-order valence-corrected chi connectivity index (χ4v) is 3.07. The third kappa shape index (κ3) is 5.92.